The highest BCUT2D eigenvalue weighted by Crippen LogP contribution is 2.32. The van der Waals surface area contributed by atoms with Crippen LogP contribution in [0.15, 0.2) is 24.3 Å². The van der Waals surface area contributed by atoms with E-state index in [4.69, 9.17) is 0 Å². The Bertz CT molecular complexity index is 485. The summed E-state index contributed by atoms with van der Waals surface area (Å²) in [6, 6.07) is 7.54. The van der Waals surface area contributed by atoms with Crippen LogP contribution in [0.1, 0.15) is 30.1 Å². The molecule has 0 radical (unpaired) electrons. The number of piperidine rings is 1. The van der Waals surface area contributed by atoms with Crippen LogP contribution in [0.4, 0.5) is 13.2 Å². The molecule has 0 saturated carbocycles. The van der Waals surface area contributed by atoms with E-state index in [1.807, 2.05) is 36.1 Å². The highest BCUT2D eigenvalue weighted by molar-refractivity contribution is 5.27. The van der Waals surface area contributed by atoms with Gasteiger partial charge in [-0.25, -0.2) is 0 Å². The molecule has 1 fully saturated rings. The Morgan fingerprint density at radius 1 is 1.18 bits per heavy atom. The Hall–Kier alpha value is -1.11. The molecule has 2 atom stereocenters. The zero-order chi connectivity index (χ0) is 16.3. The number of aliphatic hydroxyl groups is 2. The van der Waals surface area contributed by atoms with Gasteiger partial charge in [0.1, 0.15) is 0 Å². The second-order valence-electron chi connectivity index (χ2n) is 6.00. The van der Waals surface area contributed by atoms with E-state index in [2.05, 4.69) is 0 Å². The van der Waals surface area contributed by atoms with Gasteiger partial charge in [-0.3, -0.25) is 0 Å². The number of likely N-dealkylation sites (tertiary alicyclic amines) is 1. The second kappa shape index (κ2) is 6.98. The first-order valence-corrected chi connectivity index (χ1v) is 7.49. The largest absolute Gasteiger partial charge is 0.414 e. The molecule has 6 heteroatoms. The molecule has 0 aliphatic carbocycles. The van der Waals surface area contributed by atoms with E-state index in [9.17, 15) is 23.4 Å². The van der Waals surface area contributed by atoms with Crippen molar-refractivity contribution in [2.75, 3.05) is 19.6 Å². The SMILES string of the molecule is Cc1ccccc1C(O)CN1CCC(C(O)C(F)(F)F)CC1. The summed E-state index contributed by atoms with van der Waals surface area (Å²) in [5, 5.41) is 19.6. The minimum Gasteiger partial charge on any atom is -0.387 e. The van der Waals surface area contributed by atoms with Gasteiger partial charge in [-0.1, -0.05) is 24.3 Å². The van der Waals surface area contributed by atoms with Crippen LogP contribution in [-0.4, -0.2) is 47.0 Å². The number of aliphatic hydroxyl groups excluding tert-OH is 2. The molecule has 0 amide bonds. The molecule has 1 aromatic rings. The van der Waals surface area contributed by atoms with Crippen molar-refractivity contribution in [3.8, 4) is 0 Å². The summed E-state index contributed by atoms with van der Waals surface area (Å²) < 4.78 is 37.5. The van der Waals surface area contributed by atoms with E-state index in [1.54, 1.807) is 0 Å². The van der Waals surface area contributed by atoms with Crippen molar-refractivity contribution in [2.45, 2.75) is 38.1 Å². The van der Waals surface area contributed by atoms with E-state index in [1.165, 1.54) is 0 Å². The number of hydrogen-bond donors (Lipinski definition) is 2. The normalized spacial score (nSPS) is 20.8. The van der Waals surface area contributed by atoms with Gasteiger partial charge in [0.15, 0.2) is 6.10 Å². The van der Waals surface area contributed by atoms with E-state index in [0.29, 0.717) is 32.5 Å². The number of hydrogen-bond acceptors (Lipinski definition) is 3. The van der Waals surface area contributed by atoms with Gasteiger partial charge in [-0.05, 0) is 49.9 Å². The van der Waals surface area contributed by atoms with Crippen LogP contribution in [-0.2, 0) is 0 Å². The molecule has 124 valence electrons. The third-order valence-corrected chi connectivity index (χ3v) is 4.39. The number of benzene rings is 1. The Morgan fingerprint density at radius 3 is 2.32 bits per heavy atom. The summed E-state index contributed by atoms with van der Waals surface area (Å²) in [5.41, 5.74) is 1.84. The fourth-order valence-electron chi connectivity index (χ4n) is 3.02. The molecule has 0 spiro atoms. The van der Waals surface area contributed by atoms with Crippen LogP contribution in [0.2, 0.25) is 0 Å². The molecular formula is C16H22F3NO2. The summed E-state index contributed by atoms with van der Waals surface area (Å²) >= 11 is 0. The molecule has 3 nitrogen and oxygen atoms in total. The minimum absolute atomic E-state index is 0.293. The highest BCUT2D eigenvalue weighted by atomic mass is 19.4. The first-order chi connectivity index (χ1) is 10.3. The van der Waals surface area contributed by atoms with Gasteiger partial charge in [-0.2, -0.15) is 13.2 Å². The highest BCUT2D eigenvalue weighted by Gasteiger charge is 2.44. The van der Waals surface area contributed by atoms with Crippen LogP contribution in [0, 0.1) is 12.8 Å². The Morgan fingerprint density at radius 2 is 1.77 bits per heavy atom. The molecular weight excluding hydrogens is 295 g/mol. The summed E-state index contributed by atoms with van der Waals surface area (Å²) in [4.78, 5) is 1.96. The molecule has 0 aromatic heterocycles. The van der Waals surface area contributed by atoms with Crippen LogP contribution < -0.4 is 0 Å². The predicted molar refractivity (Wildman–Crippen MR) is 77.4 cm³/mol. The van der Waals surface area contributed by atoms with E-state index in [0.717, 1.165) is 11.1 Å². The number of rotatable bonds is 4. The maximum atomic E-state index is 12.5. The average Bonchev–Trinajstić information content (AvgIpc) is 2.46. The average molecular weight is 317 g/mol. The summed E-state index contributed by atoms with van der Waals surface area (Å²) in [5.74, 6) is -0.744. The molecule has 22 heavy (non-hydrogen) atoms. The van der Waals surface area contributed by atoms with Gasteiger partial charge >= 0.3 is 6.18 Å². The van der Waals surface area contributed by atoms with Crippen molar-refractivity contribution >= 4 is 0 Å². The molecule has 1 aliphatic heterocycles. The lowest BCUT2D eigenvalue weighted by Crippen LogP contribution is -2.44. The summed E-state index contributed by atoms with van der Waals surface area (Å²) in [6.07, 6.45) is -6.85. The number of nitrogens with zero attached hydrogens (tertiary/aromatic N) is 1. The van der Waals surface area contributed by atoms with Crippen molar-refractivity contribution in [1.29, 1.82) is 0 Å². The number of alkyl halides is 3. The minimum atomic E-state index is -4.55. The number of halogens is 3. The Balaban J connectivity index is 1.86. The van der Waals surface area contributed by atoms with Crippen LogP contribution in [0.5, 0.6) is 0 Å². The quantitative estimate of drug-likeness (QED) is 0.897. The summed E-state index contributed by atoms with van der Waals surface area (Å²) in [6.45, 7) is 3.24. The van der Waals surface area contributed by atoms with Gasteiger partial charge in [0, 0.05) is 6.54 Å². The van der Waals surface area contributed by atoms with Crippen molar-refractivity contribution in [3.05, 3.63) is 35.4 Å². The standard InChI is InChI=1S/C16H22F3NO2/c1-11-4-2-3-5-13(11)14(21)10-20-8-6-12(7-9-20)15(22)16(17,18)19/h2-5,12,14-15,21-22H,6-10H2,1H3. The van der Waals surface area contributed by atoms with Crippen molar-refractivity contribution < 1.29 is 23.4 Å². The molecule has 2 unspecified atom stereocenters. The fourth-order valence-corrected chi connectivity index (χ4v) is 3.02. The third kappa shape index (κ3) is 4.21. The van der Waals surface area contributed by atoms with Crippen LogP contribution >= 0.6 is 0 Å². The topological polar surface area (TPSA) is 43.7 Å². The fraction of sp³-hybridized carbons (Fsp3) is 0.625. The lowest BCUT2D eigenvalue weighted by Gasteiger charge is -2.35. The van der Waals surface area contributed by atoms with Gasteiger partial charge in [0.2, 0.25) is 0 Å². The summed E-state index contributed by atoms with van der Waals surface area (Å²) in [7, 11) is 0. The molecule has 1 aliphatic rings. The van der Waals surface area contributed by atoms with Gasteiger partial charge in [0.05, 0.1) is 6.10 Å². The lowest BCUT2D eigenvalue weighted by molar-refractivity contribution is -0.223. The van der Waals surface area contributed by atoms with E-state index < -0.39 is 24.3 Å². The maximum absolute atomic E-state index is 12.5. The van der Waals surface area contributed by atoms with Crippen molar-refractivity contribution in [2.24, 2.45) is 5.92 Å². The predicted octanol–water partition coefficient (Wildman–Crippen LogP) is 2.66. The monoisotopic (exact) mass is 317 g/mol. The van der Waals surface area contributed by atoms with Gasteiger partial charge in [0.25, 0.3) is 0 Å². The van der Waals surface area contributed by atoms with Gasteiger partial charge < -0.3 is 15.1 Å². The van der Waals surface area contributed by atoms with Crippen LogP contribution in [0.25, 0.3) is 0 Å². The molecule has 0 bridgehead atoms. The van der Waals surface area contributed by atoms with Crippen LogP contribution in [0.3, 0.4) is 0 Å². The molecule has 1 aromatic carbocycles. The molecule has 1 heterocycles. The molecule has 1 saturated heterocycles. The Labute approximate surface area is 128 Å². The van der Waals surface area contributed by atoms with E-state index >= 15 is 0 Å². The second-order valence-corrected chi connectivity index (χ2v) is 6.00. The maximum Gasteiger partial charge on any atom is 0.414 e. The first-order valence-electron chi connectivity index (χ1n) is 7.49. The van der Waals surface area contributed by atoms with Crippen molar-refractivity contribution in [1.82, 2.24) is 4.90 Å². The molecule has 2 rings (SSSR count). The van der Waals surface area contributed by atoms with Crippen molar-refractivity contribution in [3.63, 3.8) is 0 Å². The zero-order valence-electron chi connectivity index (χ0n) is 12.6. The smallest absolute Gasteiger partial charge is 0.387 e. The third-order valence-electron chi connectivity index (χ3n) is 4.39. The number of aryl methyl sites for hydroxylation is 1. The van der Waals surface area contributed by atoms with Gasteiger partial charge in [-0.15, -0.1) is 0 Å². The Kier molecular flexibility index (Phi) is 5.47. The number of β-amino-alcohol motifs (C(OH)–C–C–N with tert-alkyl or cyclic N) is 1. The molecule has 2 N–H and O–H groups in total. The van der Waals surface area contributed by atoms with E-state index in [-0.39, 0.29) is 0 Å². The first kappa shape index (κ1) is 17.2. The lowest BCUT2D eigenvalue weighted by atomic mass is 9.90. The zero-order valence-corrected chi connectivity index (χ0v) is 12.6.